The molecule has 0 aliphatic carbocycles. The van der Waals surface area contributed by atoms with E-state index in [1.807, 2.05) is 6.92 Å². The van der Waals surface area contributed by atoms with Crippen LogP contribution in [0.3, 0.4) is 0 Å². The van der Waals surface area contributed by atoms with Gasteiger partial charge >= 0.3 is 5.97 Å². The first kappa shape index (κ1) is 15.2. The number of nitrogens with zero attached hydrogens (tertiary/aromatic N) is 1. The maximum atomic E-state index is 12.1. The third-order valence-electron chi connectivity index (χ3n) is 3.53. The van der Waals surface area contributed by atoms with Gasteiger partial charge in [0.1, 0.15) is 0 Å². The van der Waals surface area contributed by atoms with Crippen LogP contribution < -0.4 is 0 Å². The highest BCUT2D eigenvalue weighted by molar-refractivity contribution is 6.31. The quantitative estimate of drug-likeness (QED) is 0.812. The van der Waals surface area contributed by atoms with E-state index in [2.05, 4.69) is 0 Å². The first-order valence-corrected chi connectivity index (χ1v) is 7.29. The maximum Gasteiger partial charge on any atom is 0.337 e. The highest BCUT2D eigenvalue weighted by atomic mass is 35.5. The zero-order valence-electron chi connectivity index (χ0n) is 12.2. The summed E-state index contributed by atoms with van der Waals surface area (Å²) in [4.78, 5) is 41.1. The summed E-state index contributed by atoms with van der Waals surface area (Å²) in [6, 6.07) is 11.5. The highest BCUT2D eigenvalue weighted by Gasteiger charge is 2.38. The van der Waals surface area contributed by atoms with Gasteiger partial charge in [-0.3, -0.25) is 9.59 Å². The fraction of sp³-hybridized carbons (Fsp3) is 0.118. The SMILES string of the molecule is Cc1ccc(CC(=O)ON2C(=O)c3ccccc3C2=O)cc1Cl. The van der Waals surface area contributed by atoms with Crippen molar-refractivity contribution in [2.75, 3.05) is 0 Å². The number of imide groups is 1. The van der Waals surface area contributed by atoms with Gasteiger partial charge in [-0.15, -0.1) is 0 Å². The van der Waals surface area contributed by atoms with Gasteiger partial charge in [0.2, 0.25) is 0 Å². The monoisotopic (exact) mass is 329 g/mol. The molecule has 0 atom stereocenters. The van der Waals surface area contributed by atoms with E-state index in [1.54, 1.807) is 30.3 Å². The fourth-order valence-corrected chi connectivity index (χ4v) is 2.50. The third-order valence-corrected chi connectivity index (χ3v) is 3.94. The van der Waals surface area contributed by atoms with Gasteiger partial charge in [0, 0.05) is 5.02 Å². The molecule has 116 valence electrons. The maximum absolute atomic E-state index is 12.1. The van der Waals surface area contributed by atoms with Crippen molar-refractivity contribution in [3.05, 3.63) is 69.7 Å². The number of amides is 2. The second-order valence-corrected chi connectivity index (χ2v) is 5.58. The molecule has 0 saturated carbocycles. The van der Waals surface area contributed by atoms with Crippen LogP contribution in [-0.4, -0.2) is 22.8 Å². The van der Waals surface area contributed by atoms with Crippen LogP contribution >= 0.6 is 11.6 Å². The first-order chi connectivity index (χ1) is 11.0. The van der Waals surface area contributed by atoms with E-state index in [1.165, 1.54) is 12.1 Å². The normalized spacial score (nSPS) is 13.2. The van der Waals surface area contributed by atoms with Gasteiger partial charge in [0.05, 0.1) is 17.5 Å². The van der Waals surface area contributed by atoms with E-state index >= 15 is 0 Å². The molecule has 6 heteroatoms. The molecule has 1 aliphatic rings. The molecule has 0 fully saturated rings. The Labute approximate surface area is 137 Å². The molecule has 3 rings (SSSR count). The fourth-order valence-electron chi connectivity index (χ4n) is 2.30. The van der Waals surface area contributed by atoms with Crippen molar-refractivity contribution < 1.29 is 19.2 Å². The molecule has 0 aromatic heterocycles. The molecule has 0 radical (unpaired) electrons. The Morgan fingerprint density at radius 1 is 1.09 bits per heavy atom. The van der Waals surface area contributed by atoms with Crippen LogP contribution in [0.4, 0.5) is 0 Å². The number of fused-ring (bicyclic) bond motifs is 1. The molecule has 23 heavy (non-hydrogen) atoms. The lowest BCUT2D eigenvalue weighted by atomic mass is 10.1. The lowest BCUT2D eigenvalue weighted by Crippen LogP contribution is -2.33. The average molecular weight is 330 g/mol. The highest BCUT2D eigenvalue weighted by Crippen LogP contribution is 2.23. The third kappa shape index (κ3) is 2.83. The van der Waals surface area contributed by atoms with Gasteiger partial charge in [-0.1, -0.05) is 40.9 Å². The van der Waals surface area contributed by atoms with E-state index in [4.69, 9.17) is 16.4 Å². The van der Waals surface area contributed by atoms with Gasteiger partial charge in [0.15, 0.2) is 0 Å². The molecule has 1 aliphatic heterocycles. The van der Waals surface area contributed by atoms with Crippen molar-refractivity contribution in [3.63, 3.8) is 0 Å². The van der Waals surface area contributed by atoms with Crippen molar-refractivity contribution >= 4 is 29.4 Å². The number of hydrogen-bond donors (Lipinski definition) is 0. The number of hydrogen-bond acceptors (Lipinski definition) is 4. The summed E-state index contributed by atoms with van der Waals surface area (Å²) < 4.78 is 0. The Balaban J connectivity index is 1.73. The molecule has 1 heterocycles. The van der Waals surface area contributed by atoms with E-state index < -0.39 is 17.8 Å². The minimum Gasteiger partial charge on any atom is -0.329 e. The first-order valence-electron chi connectivity index (χ1n) is 6.91. The van der Waals surface area contributed by atoms with Crippen LogP contribution in [0.1, 0.15) is 31.8 Å². The summed E-state index contributed by atoms with van der Waals surface area (Å²) in [5.41, 5.74) is 1.98. The number of carbonyl (C=O) groups is 3. The van der Waals surface area contributed by atoms with Crippen LogP contribution in [-0.2, 0) is 16.1 Å². The molecule has 0 unspecified atom stereocenters. The Kier molecular flexibility index (Phi) is 3.88. The minimum atomic E-state index is -0.709. The molecule has 0 saturated heterocycles. The van der Waals surface area contributed by atoms with Crippen LogP contribution in [0.2, 0.25) is 5.02 Å². The summed E-state index contributed by atoms with van der Waals surface area (Å²) in [5, 5.41) is 1.04. The molecule has 5 nitrogen and oxygen atoms in total. The standard InChI is InChI=1S/C17H12ClNO4/c1-10-6-7-11(8-14(10)18)9-15(20)23-19-16(21)12-4-2-3-5-13(12)17(19)22/h2-8H,9H2,1H3. The van der Waals surface area contributed by atoms with Crippen molar-refractivity contribution in [1.82, 2.24) is 5.06 Å². The molecule has 0 N–H and O–H groups in total. The second kappa shape index (κ2) is 5.85. The number of hydroxylamine groups is 2. The van der Waals surface area contributed by atoms with E-state index in [-0.39, 0.29) is 17.5 Å². The number of benzene rings is 2. The molecule has 2 aromatic carbocycles. The molecule has 2 amide bonds. The van der Waals surface area contributed by atoms with Crippen molar-refractivity contribution in [2.24, 2.45) is 0 Å². The Morgan fingerprint density at radius 3 is 2.26 bits per heavy atom. The van der Waals surface area contributed by atoms with Crippen molar-refractivity contribution in [1.29, 1.82) is 0 Å². The predicted molar refractivity (Wildman–Crippen MR) is 82.9 cm³/mol. The van der Waals surface area contributed by atoms with Crippen LogP contribution in [0.25, 0.3) is 0 Å². The minimum absolute atomic E-state index is 0.0899. The zero-order chi connectivity index (χ0) is 16.6. The van der Waals surface area contributed by atoms with Gasteiger partial charge in [0.25, 0.3) is 11.8 Å². The Morgan fingerprint density at radius 2 is 1.70 bits per heavy atom. The summed E-state index contributed by atoms with van der Waals surface area (Å²) in [6.07, 6.45) is -0.0899. The summed E-state index contributed by atoms with van der Waals surface area (Å²) >= 11 is 6.00. The molecular weight excluding hydrogens is 318 g/mol. The molecular formula is C17H12ClNO4. The largest absolute Gasteiger partial charge is 0.337 e. The molecule has 2 aromatic rings. The summed E-state index contributed by atoms with van der Waals surface area (Å²) in [6.45, 7) is 1.85. The van der Waals surface area contributed by atoms with E-state index in [0.29, 0.717) is 15.6 Å². The van der Waals surface area contributed by atoms with E-state index in [0.717, 1.165) is 5.56 Å². The van der Waals surface area contributed by atoms with Gasteiger partial charge < -0.3 is 4.84 Å². The number of carbonyl (C=O) groups excluding carboxylic acids is 3. The van der Waals surface area contributed by atoms with Gasteiger partial charge in [-0.2, -0.15) is 0 Å². The lowest BCUT2D eigenvalue weighted by Gasteiger charge is -2.12. The molecule has 0 bridgehead atoms. The second-order valence-electron chi connectivity index (χ2n) is 5.17. The lowest BCUT2D eigenvalue weighted by molar-refractivity contribution is -0.167. The predicted octanol–water partition coefficient (Wildman–Crippen LogP) is 2.95. The number of rotatable bonds is 3. The zero-order valence-corrected chi connectivity index (χ0v) is 13.0. The van der Waals surface area contributed by atoms with Crippen LogP contribution in [0, 0.1) is 6.92 Å². The Bertz CT molecular complexity index is 796. The van der Waals surface area contributed by atoms with Crippen LogP contribution in [0.5, 0.6) is 0 Å². The van der Waals surface area contributed by atoms with Crippen molar-refractivity contribution in [2.45, 2.75) is 13.3 Å². The van der Waals surface area contributed by atoms with E-state index in [9.17, 15) is 14.4 Å². The molecule has 0 spiro atoms. The average Bonchev–Trinajstić information content (AvgIpc) is 2.76. The van der Waals surface area contributed by atoms with Crippen LogP contribution in [0.15, 0.2) is 42.5 Å². The summed E-state index contributed by atoms with van der Waals surface area (Å²) in [5.74, 6) is -1.98. The number of aryl methyl sites for hydroxylation is 1. The smallest absolute Gasteiger partial charge is 0.329 e. The van der Waals surface area contributed by atoms with Gasteiger partial charge in [-0.05, 0) is 36.2 Å². The van der Waals surface area contributed by atoms with Gasteiger partial charge in [-0.25, -0.2) is 4.79 Å². The topological polar surface area (TPSA) is 63.7 Å². The Hall–Kier alpha value is -2.66. The van der Waals surface area contributed by atoms with Crippen molar-refractivity contribution in [3.8, 4) is 0 Å². The number of halogens is 1. The summed E-state index contributed by atoms with van der Waals surface area (Å²) in [7, 11) is 0.